The summed E-state index contributed by atoms with van der Waals surface area (Å²) in [4.78, 5) is 13.8. The average Bonchev–Trinajstić information content (AvgIpc) is 2.53. The van der Waals surface area contributed by atoms with Crippen LogP contribution in [0.2, 0.25) is 10.0 Å². The molecule has 24 heavy (non-hydrogen) atoms. The highest BCUT2D eigenvalue weighted by Crippen LogP contribution is 2.31. The Balaban J connectivity index is 2.13. The van der Waals surface area contributed by atoms with Crippen molar-refractivity contribution in [2.45, 2.75) is 24.8 Å². The Morgan fingerprint density at radius 3 is 2.08 bits per heavy atom. The van der Waals surface area contributed by atoms with E-state index in [9.17, 15) is 13.2 Å². The van der Waals surface area contributed by atoms with Crippen LogP contribution in [0.4, 0.5) is 0 Å². The lowest BCUT2D eigenvalue weighted by Gasteiger charge is -2.36. The zero-order chi connectivity index (χ0) is 18.1. The molecular weight excluding hydrogens is 373 g/mol. The summed E-state index contributed by atoms with van der Waals surface area (Å²) < 4.78 is 26.8. The minimum Gasteiger partial charge on any atom is -0.339 e. The van der Waals surface area contributed by atoms with Crippen molar-refractivity contribution in [2.75, 3.05) is 26.2 Å². The van der Waals surface area contributed by atoms with Crippen molar-refractivity contribution < 1.29 is 13.2 Å². The van der Waals surface area contributed by atoms with Gasteiger partial charge in [0.05, 0.1) is 16.1 Å². The molecule has 0 aromatic heterocycles. The number of nitrogens with two attached hydrogens (primary N) is 1. The zero-order valence-electron chi connectivity index (χ0n) is 13.6. The van der Waals surface area contributed by atoms with Crippen molar-refractivity contribution in [3.63, 3.8) is 0 Å². The van der Waals surface area contributed by atoms with Crippen LogP contribution in [0.15, 0.2) is 23.1 Å². The van der Waals surface area contributed by atoms with Gasteiger partial charge in [-0.15, -0.1) is 0 Å². The molecule has 0 unspecified atom stereocenters. The zero-order valence-corrected chi connectivity index (χ0v) is 15.9. The van der Waals surface area contributed by atoms with Gasteiger partial charge in [0.2, 0.25) is 15.9 Å². The number of rotatable bonds is 4. The Hall–Kier alpha value is -0.860. The molecule has 1 atom stereocenters. The van der Waals surface area contributed by atoms with Gasteiger partial charge in [0.15, 0.2) is 0 Å². The SMILES string of the molecule is CC(C)[C@H](N)C(=O)N1CCN(S(=O)(=O)c2c(Cl)cccc2Cl)CC1. The van der Waals surface area contributed by atoms with Gasteiger partial charge in [-0.25, -0.2) is 8.42 Å². The van der Waals surface area contributed by atoms with Crippen molar-refractivity contribution in [2.24, 2.45) is 11.7 Å². The Kier molecular flexibility index (Phi) is 6.14. The molecule has 134 valence electrons. The molecule has 0 bridgehead atoms. The molecule has 2 rings (SSSR count). The van der Waals surface area contributed by atoms with Crippen LogP contribution in [0.25, 0.3) is 0 Å². The van der Waals surface area contributed by atoms with Gasteiger partial charge in [0, 0.05) is 26.2 Å². The van der Waals surface area contributed by atoms with Crippen molar-refractivity contribution >= 4 is 39.1 Å². The first-order valence-corrected chi connectivity index (χ1v) is 9.84. The summed E-state index contributed by atoms with van der Waals surface area (Å²) in [5, 5.41) is 0.172. The molecule has 0 radical (unpaired) electrons. The lowest BCUT2D eigenvalue weighted by Crippen LogP contribution is -2.55. The van der Waals surface area contributed by atoms with E-state index >= 15 is 0 Å². The summed E-state index contributed by atoms with van der Waals surface area (Å²) in [6, 6.07) is 3.99. The molecule has 9 heteroatoms. The van der Waals surface area contributed by atoms with Crippen LogP contribution in [0.1, 0.15) is 13.8 Å². The number of halogens is 2. The summed E-state index contributed by atoms with van der Waals surface area (Å²) in [6.07, 6.45) is 0. The van der Waals surface area contributed by atoms with Gasteiger partial charge < -0.3 is 10.6 Å². The Morgan fingerprint density at radius 1 is 1.12 bits per heavy atom. The number of hydrogen-bond donors (Lipinski definition) is 1. The maximum absolute atomic E-state index is 12.8. The molecule has 0 saturated carbocycles. The fourth-order valence-corrected chi connectivity index (χ4v) is 5.02. The number of nitrogens with zero attached hydrogens (tertiary/aromatic N) is 2. The van der Waals surface area contributed by atoms with Crippen LogP contribution in [0, 0.1) is 5.92 Å². The van der Waals surface area contributed by atoms with Crippen LogP contribution < -0.4 is 5.73 Å². The molecule has 1 aromatic carbocycles. The van der Waals surface area contributed by atoms with Crippen molar-refractivity contribution in [1.29, 1.82) is 0 Å². The number of hydrogen-bond acceptors (Lipinski definition) is 4. The van der Waals surface area contributed by atoms with Gasteiger partial charge in [-0.3, -0.25) is 4.79 Å². The molecular formula is C15H21Cl2N3O3S. The Bertz CT molecular complexity index is 696. The number of carbonyl (C=O) groups excluding carboxylic acids is 1. The quantitative estimate of drug-likeness (QED) is 0.844. The van der Waals surface area contributed by atoms with Gasteiger partial charge in [0.25, 0.3) is 0 Å². The van der Waals surface area contributed by atoms with Gasteiger partial charge in [-0.05, 0) is 18.1 Å². The first-order valence-electron chi connectivity index (χ1n) is 7.64. The van der Waals surface area contributed by atoms with E-state index in [1.165, 1.54) is 16.4 Å². The molecule has 2 N–H and O–H groups in total. The van der Waals surface area contributed by atoms with Crippen LogP contribution in [-0.4, -0.2) is 55.8 Å². The van der Waals surface area contributed by atoms with Crippen LogP contribution in [0.5, 0.6) is 0 Å². The van der Waals surface area contributed by atoms with E-state index in [-0.39, 0.29) is 39.9 Å². The summed E-state index contributed by atoms with van der Waals surface area (Å²) in [5.74, 6) is -0.126. The fraction of sp³-hybridized carbons (Fsp3) is 0.533. The van der Waals surface area contributed by atoms with Crippen molar-refractivity contribution in [3.05, 3.63) is 28.2 Å². The third kappa shape index (κ3) is 3.86. The molecule has 1 aromatic rings. The second-order valence-corrected chi connectivity index (χ2v) is 8.74. The molecule has 1 heterocycles. The number of amides is 1. The van der Waals surface area contributed by atoms with Crippen molar-refractivity contribution in [1.82, 2.24) is 9.21 Å². The topological polar surface area (TPSA) is 83.7 Å². The van der Waals surface area contributed by atoms with Gasteiger partial charge in [0.1, 0.15) is 4.90 Å². The number of carbonyl (C=O) groups is 1. The maximum atomic E-state index is 12.8. The average molecular weight is 394 g/mol. The molecule has 6 nitrogen and oxygen atoms in total. The number of sulfonamides is 1. The predicted molar refractivity (Wildman–Crippen MR) is 94.6 cm³/mol. The lowest BCUT2D eigenvalue weighted by molar-refractivity contribution is -0.134. The fourth-order valence-electron chi connectivity index (χ4n) is 2.50. The highest BCUT2D eigenvalue weighted by Gasteiger charge is 2.34. The smallest absolute Gasteiger partial charge is 0.246 e. The summed E-state index contributed by atoms with van der Waals surface area (Å²) in [6.45, 7) is 4.70. The number of benzene rings is 1. The van der Waals surface area contributed by atoms with Crippen LogP contribution in [0.3, 0.4) is 0 Å². The largest absolute Gasteiger partial charge is 0.339 e. The molecule has 1 aliphatic heterocycles. The molecule has 0 spiro atoms. The first kappa shape index (κ1) is 19.5. The highest BCUT2D eigenvalue weighted by atomic mass is 35.5. The second kappa shape index (κ2) is 7.58. The van der Waals surface area contributed by atoms with Gasteiger partial charge >= 0.3 is 0 Å². The van der Waals surface area contributed by atoms with Crippen molar-refractivity contribution in [3.8, 4) is 0 Å². The third-order valence-corrected chi connectivity index (χ3v) is 6.93. The summed E-state index contributed by atoms with van der Waals surface area (Å²) in [7, 11) is -3.81. The monoisotopic (exact) mass is 393 g/mol. The maximum Gasteiger partial charge on any atom is 0.246 e. The predicted octanol–water partition coefficient (Wildman–Crippen LogP) is 1.81. The molecule has 1 saturated heterocycles. The van der Waals surface area contributed by atoms with Crippen LogP contribution in [-0.2, 0) is 14.8 Å². The van der Waals surface area contributed by atoms with E-state index in [2.05, 4.69) is 0 Å². The number of piperazine rings is 1. The normalized spacial score (nSPS) is 18.0. The Labute approximate surface area is 152 Å². The molecule has 1 aliphatic rings. The molecule has 1 fully saturated rings. The first-order chi connectivity index (χ1) is 11.2. The minimum atomic E-state index is -3.81. The standard InChI is InChI=1S/C15H21Cl2N3O3S/c1-10(2)13(18)15(21)19-6-8-20(9-7-19)24(22,23)14-11(16)4-3-5-12(14)17/h3-5,10,13H,6-9,18H2,1-2H3/t13-/m0/s1. The van der Waals surface area contributed by atoms with E-state index in [0.29, 0.717) is 13.1 Å². The second-order valence-electron chi connectivity index (χ2n) is 6.05. The summed E-state index contributed by atoms with van der Waals surface area (Å²) in [5.41, 5.74) is 5.88. The Morgan fingerprint density at radius 2 is 1.62 bits per heavy atom. The van der Waals surface area contributed by atoms with E-state index in [0.717, 1.165) is 0 Å². The lowest BCUT2D eigenvalue weighted by atomic mass is 10.0. The van der Waals surface area contributed by atoms with E-state index < -0.39 is 16.1 Å². The van der Waals surface area contributed by atoms with Gasteiger partial charge in [-0.1, -0.05) is 43.1 Å². The third-order valence-electron chi connectivity index (χ3n) is 4.07. The van der Waals surface area contributed by atoms with E-state index in [4.69, 9.17) is 28.9 Å². The molecule has 1 amide bonds. The van der Waals surface area contributed by atoms with E-state index in [1.807, 2.05) is 13.8 Å². The minimum absolute atomic E-state index is 0.0289. The van der Waals surface area contributed by atoms with Gasteiger partial charge in [-0.2, -0.15) is 4.31 Å². The highest BCUT2D eigenvalue weighted by molar-refractivity contribution is 7.89. The summed E-state index contributed by atoms with van der Waals surface area (Å²) >= 11 is 12.0. The molecule has 0 aliphatic carbocycles. The van der Waals surface area contributed by atoms with E-state index in [1.54, 1.807) is 11.0 Å². The van der Waals surface area contributed by atoms with Crippen LogP contribution >= 0.6 is 23.2 Å².